The number of benzene rings is 1. The molecule has 0 aliphatic heterocycles. The Morgan fingerprint density at radius 1 is 1.21 bits per heavy atom. The van der Waals surface area contributed by atoms with Crippen LogP contribution < -0.4 is 0 Å². The zero-order chi connectivity index (χ0) is 14.0. The van der Waals surface area contributed by atoms with E-state index in [0.717, 1.165) is 30.2 Å². The fourth-order valence-electron chi connectivity index (χ4n) is 3.00. The summed E-state index contributed by atoms with van der Waals surface area (Å²) in [5.41, 5.74) is 1.59. The van der Waals surface area contributed by atoms with Gasteiger partial charge in [0.25, 0.3) is 0 Å². The zero-order valence-corrected chi connectivity index (χ0v) is 13.7. The standard InChI is InChI=1S/C17H23BrO/c1-17(2,3)14-6-9-16(19)13(11-14)10-12-4-7-15(18)8-5-12/h4-5,7-8,13-14H,6,9-11H2,1-3H3/t13-,14+/m1/s1. The minimum absolute atomic E-state index is 0.221. The molecule has 0 saturated heterocycles. The van der Waals surface area contributed by atoms with Gasteiger partial charge in [0.05, 0.1) is 0 Å². The molecule has 1 aliphatic rings. The predicted octanol–water partition coefficient (Wildman–Crippen LogP) is 5.02. The molecular formula is C17H23BrO. The summed E-state index contributed by atoms with van der Waals surface area (Å²) in [6.45, 7) is 6.89. The fraction of sp³-hybridized carbons (Fsp3) is 0.588. The van der Waals surface area contributed by atoms with E-state index in [2.05, 4.69) is 61.0 Å². The lowest BCUT2D eigenvalue weighted by Gasteiger charge is -2.37. The third-order valence-electron chi connectivity index (χ3n) is 4.38. The van der Waals surface area contributed by atoms with Gasteiger partial charge in [-0.05, 0) is 48.3 Å². The predicted molar refractivity (Wildman–Crippen MR) is 83.1 cm³/mol. The number of ketones is 1. The first-order chi connectivity index (χ1) is 8.86. The second-order valence-corrected chi connectivity index (χ2v) is 7.75. The van der Waals surface area contributed by atoms with E-state index < -0.39 is 0 Å². The van der Waals surface area contributed by atoms with Gasteiger partial charge in [-0.15, -0.1) is 0 Å². The van der Waals surface area contributed by atoms with Crippen molar-refractivity contribution in [2.45, 2.75) is 46.5 Å². The molecular weight excluding hydrogens is 300 g/mol. The minimum atomic E-state index is 0.221. The Kier molecular flexibility index (Phi) is 4.50. The molecule has 0 radical (unpaired) electrons. The average molecular weight is 323 g/mol. The molecule has 0 aromatic heterocycles. The second kappa shape index (κ2) is 5.78. The van der Waals surface area contributed by atoms with Gasteiger partial charge in [0.2, 0.25) is 0 Å². The molecule has 0 heterocycles. The van der Waals surface area contributed by atoms with Crippen LogP contribution in [0.15, 0.2) is 28.7 Å². The van der Waals surface area contributed by atoms with Gasteiger partial charge in [-0.25, -0.2) is 0 Å². The number of hydrogen-bond donors (Lipinski definition) is 0. The number of hydrogen-bond acceptors (Lipinski definition) is 1. The van der Waals surface area contributed by atoms with Gasteiger partial charge < -0.3 is 0 Å². The molecule has 0 N–H and O–H groups in total. The first kappa shape index (κ1) is 14.8. The van der Waals surface area contributed by atoms with Gasteiger partial charge in [0, 0.05) is 16.8 Å². The van der Waals surface area contributed by atoms with Crippen molar-refractivity contribution in [1.29, 1.82) is 0 Å². The van der Waals surface area contributed by atoms with Crippen LogP contribution in [0.25, 0.3) is 0 Å². The summed E-state index contributed by atoms with van der Waals surface area (Å²) in [5.74, 6) is 1.35. The maximum Gasteiger partial charge on any atom is 0.136 e. The van der Waals surface area contributed by atoms with Crippen molar-refractivity contribution < 1.29 is 4.79 Å². The number of Topliss-reactive ketones (excluding diaryl/α,β-unsaturated/α-hetero) is 1. The van der Waals surface area contributed by atoms with Gasteiger partial charge in [-0.2, -0.15) is 0 Å². The Labute approximate surface area is 124 Å². The molecule has 0 unspecified atom stereocenters. The fourth-order valence-corrected chi connectivity index (χ4v) is 3.27. The van der Waals surface area contributed by atoms with Crippen molar-refractivity contribution in [2.75, 3.05) is 0 Å². The van der Waals surface area contributed by atoms with Crippen LogP contribution in [0.5, 0.6) is 0 Å². The summed E-state index contributed by atoms with van der Waals surface area (Å²) in [6, 6.07) is 8.36. The molecule has 0 spiro atoms. The van der Waals surface area contributed by atoms with E-state index in [4.69, 9.17) is 0 Å². The van der Waals surface area contributed by atoms with Crippen LogP contribution in [0, 0.1) is 17.3 Å². The third-order valence-corrected chi connectivity index (χ3v) is 4.91. The Balaban J connectivity index is 2.05. The monoisotopic (exact) mass is 322 g/mol. The zero-order valence-electron chi connectivity index (χ0n) is 12.1. The maximum absolute atomic E-state index is 12.1. The van der Waals surface area contributed by atoms with Crippen LogP contribution in [0.1, 0.15) is 45.6 Å². The van der Waals surface area contributed by atoms with E-state index >= 15 is 0 Å². The van der Waals surface area contributed by atoms with Crippen LogP contribution in [0.2, 0.25) is 0 Å². The van der Waals surface area contributed by atoms with Crippen molar-refractivity contribution >= 4 is 21.7 Å². The summed E-state index contributed by atoms with van der Waals surface area (Å²) in [7, 11) is 0. The van der Waals surface area contributed by atoms with Gasteiger partial charge >= 0.3 is 0 Å². The second-order valence-electron chi connectivity index (χ2n) is 6.83. The van der Waals surface area contributed by atoms with Gasteiger partial charge in [0.1, 0.15) is 5.78 Å². The molecule has 1 aliphatic carbocycles. The Bertz CT molecular complexity index is 441. The highest BCUT2D eigenvalue weighted by Gasteiger charge is 2.34. The largest absolute Gasteiger partial charge is 0.299 e. The van der Waals surface area contributed by atoms with Gasteiger partial charge in [0.15, 0.2) is 0 Å². The Morgan fingerprint density at radius 3 is 2.42 bits per heavy atom. The highest BCUT2D eigenvalue weighted by Crippen LogP contribution is 2.39. The van der Waals surface area contributed by atoms with Crippen LogP contribution in [0.3, 0.4) is 0 Å². The quantitative estimate of drug-likeness (QED) is 0.746. The molecule has 19 heavy (non-hydrogen) atoms. The van der Waals surface area contributed by atoms with Crippen molar-refractivity contribution in [2.24, 2.45) is 17.3 Å². The molecule has 0 amide bonds. The molecule has 1 saturated carbocycles. The molecule has 104 valence electrons. The lowest BCUT2D eigenvalue weighted by Crippen LogP contribution is -2.33. The van der Waals surface area contributed by atoms with E-state index in [1.807, 2.05) is 0 Å². The smallest absolute Gasteiger partial charge is 0.136 e. The first-order valence-corrected chi connectivity index (χ1v) is 7.92. The Morgan fingerprint density at radius 2 is 1.84 bits per heavy atom. The molecule has 1 aromatic rings. The third kappa shape index (κ3) is 3.92. The number of carbonyl (C=O) groups excluding carboxylic acids is 1. The summed E-state index contributed by atoms with van der Waals surface area (Å²) >= 11 is 3.45. The van der Waals surface area contributed by atoms with E-state index in [-0.39, 0.29) is 5.92 Å². The average Bonchev–Trinajstić information content (AvgIpc) is 2.33. The van der Waals surface area contributed by atoms with E-state index in [0.29, 0.717) is 17.1 Å². The normalized spacial score (nSPS) is 24.5. The van der Waals surface area contributed by atoms with Crippen LogP contribution in [-0.2, 0) is 11.2 Å². The molecule has 1 fully saturated rings. The van der Waals surface area contributed by atoms with Gasteiger partial charge in [-0.3, -0.25) is 4.79 Å². The molecule has 1 aromatic carbocycles. The van der Waals surface area contributed by atoms with Crippen LogP contribution in [-0.4, -0.2) is 5.78 Å². The number of carbonyl (C=O) groups is 1. The summed E-state index contributed by atoms with van der Waals surface area (Å²) < 4.78 is 1.10. The highest BCUT2D eigenvalue weighted by molar-refractivity contribution is 9.10. The van der Waals surface area contributed by atoms with E-state index in [1.165, 1.54) is 5.56 Å². The maximum atomic E-state index is 12.1. The Hall–Kier alpha value is -0.630. The highest BCUT2D eigenvalue weighted by atomic mass is 79.9. The van der Waals surface area contributed by atoms with Crippen molar-refractivity contribution in [3.63, 3.8) is 0 Å². The van der Waals surface area contributed by atoms with E-state index in [9.17, 15) is 4.79 Å². The minimum Gasteiger partial charge on any atom is -0.299 e. The summed E-state index contributed by atoms with van der Waals surface area (Å²) in [5, 5.41) is 0. The summed E-state index contributed by atoms with van der Waals surface area (Å²) in [4.78, 5) is 12.1. The molecule has 1 nitrogen and oxygen atoms in total. The van der Waals surface area contributed by atoms with Crippen molar-refractivity contribution in [3.05, 3.63) is 34.3 Å². The molecule has 2 atom stereocenters. The lowest BCUT2D eigenvalue weighted by molar-refractivity contribution is -0.126. The van der Waals surface area contributed by atoms with Crippen molar-refractivity contribution in [3.8, 4) is 0 Å². The molecule has 2 heteroatoms. The van der Waals surface area contributed by atoms with Gasteiger partial charge in [-0.1, -0.05) is 48.8 Å². The van der Waals surface area contributed by atoms with E-state index in [1.54, 1.807) is 0 Å². The van der Waals surface area contributed by atoms with Crippen LogP contribution in [0.4, 0.5) is 0 Å². The van der Waals surface area contributed by atoms with Crippen LogP contribution >= 0.6 is 15.9 Å². The number of halogens is 1. The molecule has 2 rings (SSSR count). The lowest BCUT2D eigenvalue weighted by atomic mass is 9.67. The van der Waals surface area contributed by atoms with Crippen molar-refractivity contribution in [1.82, 2.24) is 0 Å². The SMILES string of the molecule is CC(C)(C)[C@H]1CCC(=O)[C@H](Cc2ccc(Br)cc2)C1. The topological polar surface area (TPSA) is 17.1 Å². The molecule has 0 bridgehead atoms. The first-order valence-electron chi connectivity index (χ1n) is 7.13. The summed E-state index contributed by atoms with van der Waals surface area (Å²) in [6.07, 6.45) is 3.79. The number of rotatable bonds is 2.